The maximum absolute atomic E-state index is 10.6. The standard InChI is InChI=1S/C30H27NO3/c1-20(32)30(31-17-16-21-8-2-3-9-23(21)19-31)33-24-11-6-10-22(18-24)25-13-7-14-27-26-12-4-5-15-28(26)34-29(25)27/h2-15,18,20,30,32H,16-17,19H2,1H3. The molecule has 0 radical (unpaired) electrons. The van der Waals surface area contributed by atoms with E-state index in [4.69, 9.17) is 9.15 Å². The molecule has 1 aliphatic rings. The summed E-state index contributed by atoms with van der Waals surface area (Å²) in [6.07, 6.45) is -0.102. The number of hydrogen-bond acceptors (Lipinski definition) is 4. The summed E-state index contributed by atoms with van der Waals surface area (Å²) in [6, 6.07) is 30.9. The summed E-state index contributed by atoms with van der Waals surface area (Å²) in [6.45, 7) is 3.42. The van der Waals surface area contributed by atoms with Crippen molar-refractivity contribution in [3.63, 3.8) is 0 Å². The van der Waals surface area contributed by atoms with Crippen LogP contribution in [0.3, 0.4) is 0 Å². The van der Waals surface area contributed by atoms with Crippen molar-refractivity contribution in [2.45, 2.75) is 32.2 Å². The van der Waals surface area contributed by atoms with Gasteiger partial charge in [0.2, 0.25) is 0 Å². The topological polar surface area (TPSA) is 45.8 Å². The molecule has 2 unspecified atom stereocenters. The van der Waals surface area contributed by atoms with Gasteiger partial charge in [0.25, 0.3) is 0 Å². The van der Waals surface area contributed by atoms with E-state index in [0.717, 1.165) is 58.3 Å². The first kappa shape index (κ1) is 21.0. The number of nitrogens with zero attached hydrogens (tertiary/aromatic N) is 1. The Balaban J connectivity index is 1.32. The Morgan fingerprint density at radius 1 is 0.853 bits per heavy atom. The van der Waals surface area contributed by atoms with E-state index in [2.05, 4.69) is 59.5 Å². The molecule has 1 N–H and O–H groups in total. The van der Waals surface area contributed by atoms with Crippen molar-refractivity contribution >= 4 is 21.9 Å². The van der Waals surface area contributed by atoms with Crippen molar-refractivity contribution in [1.82, 2.24) is 4.90 Å². The van der Waals surface area contributed by atoms with E-state index < -0.39 is 12.3 Å². The molecule has 0 amide bonds. The summed E-state index contributed by atoms with van der Waals surface area (Å²) >= 11 is 0. The van der Waals surface area contributed by atoms with Crippen LogP contribution in [0.5, 0.6) is 5.75 Å². The van der Waals surface area contributed by atoms with Gasteiger partial charge in [-0.15, -0.1) is 0 Å². The molecule has 1 aliphatic heterocycles. The van der Waals surface area contributed by atoms with Gasteiger partial charge in [-0.2, -0.15) is 0 Å². The van der Waals surface area contributed by atoms with Gasteiger partial charge in [0, 0.05) is 29.4 Å². The Morgan fingerprint density at radius 3 is 2.50 bits per heavy atom. The number of rotatable bonds is 5. The van der Waals surface area contributed by atoms with Gasteiger partial charge in [-0.25, -0.2) is 0 Å². The quantitative estimate of drug-likeness (QED) is 0.337. The Bertz CT molecular complexity index is 1470. The lowest BCUT2D eigenvalue weighted by Crippen LogP contribution is -2.48. The molecular formula is C30H27NO3. The molecule has 34 heavy (non-hydrogen) atoms. The van der Waals surface area contributed by atoms with Gasteiger partial charge in [-0.1, -0.05) is 72.8 Å². The Morgan fingerprint density at radius 2 is 1.62 bits per heavy atom. The molecule has 0 aliphatic carbocycles. The molecule has 0 bridgehead atoms. The van der Waals surface area contributed by atoms with E-state index in [-0.39, 0.29) is 0 Å². The van der Waals surface area contributed by atoms with Gasteiger partial charge in [-0.05, 0) is 48.2 Å². The number of aliphatic hydroxyl groups is 1. The predicted octanol–water partition coefficient (Wildman–Crippen LogP) is 6.40. The highest BCUT2D eigenvalue weighted by atomic mass is 16.5. The van der Waals surface area contributed by atoms with Crippen molar-refractivity contribution in [2.24, 2.45) is 0 Å². The summed E-state index contributed by atoms with van der Waals surface area (Å²) in [7, 11) is 0. The van der Waals surface area contributed by atoms with E-state index >= 15 is 0 Å². The first-order valence-corrected chi connectivity index (χ1v) is 11.8. The second-order valence-electron chi connectivity index (χ2n) is 9.05. The molecule has 1 aromatic heterocycles. The lowest BCUT2D eigenvalue weighted by molar-refractivity contribution is -0.0646. The van der Waals surface area contributed by atoms with Crippen LogP contribution in [0.4, 0.5) is 0 Å². The average molecular weight is 450 g/mol. The van der Waals surface area contributed by atoms with Gasteiger partial charge >= 0.3 is 0 Å². The predicted molar refractivity (Wildman–Crippen MR) is 136 cm³/mol. The van der Waals surface area contributed by atoms with Crippen LogP contribution in [0.2, 0.25) is 0 Å². The lowest BCUT2D eigenvalue weighted by atomic mass is 9.99. The molecule has 5 aromatic rings. The SMILES string of the molecule is CC(O)C(Oc1cccc(-c2cccc3c2oc2ccccc23)c1)N1CCc2ccccc2C1. The van der Waals surface area contributed by atoms with E-state index in [1.807, 2.05) is 36.4 Å². The Kier molecular flexibility index (Phi) is 5.33. The largest absolute Gasteiger partial charge is 0.472 e. The van der Waals surface area contributed by atoms with Crippen molar-refractivity contribution in [2.75, 3.05) is 6.54 Å². The Hall–Kier alpha value is -3.60. The summed E-state index contributed by atoms with van der Waals surface area (Å²) in [4.78, 5) is 2.22. The van der Waals surface area contributed by atoms with Gasteiger partial charge in [0.05, 0.1) is 0 Å². The minimum absolute atomic E-state index is 0.425. The minimum atomic E-state index is -0.632. The molecule has 6 rings (SSSR count). The second-order valence-corrected chi connectivity index (χ2v) is 9.05. The number of ether oxygens (including phenoxy) is 1. The van der Waals surface area contributed by atoms with Gasteiger partial charge in [-0.3, -0.25) is 4.90 Å². The van der Waals surface area contributed by atoms with Crippen LogP contribution in [-0.4, -0.2) is 28.9 Å². The highest BCUT2D eigenvalue weighted by molar-refractivity contribution is 6.09. The Labute approximate surface area is 199 Å². The van der Waals surface area contributed by atoms with Gasteiger partial charge < -0.3 is 14.3 Å². The monoisotopic (exact) mass is 449 g/mol. The molecule has 4 heteroatoms. The third-order valence-electron chi connectivity index (χ3n) is 6.74. The average Bonchev–Trinajstić information content (AvgIpc) is 3.26. The highest BCUT2D eigenvalue weighted by Crippen LogP contribution is 2.36. The molecule has 0 fully saturated rings. The number of benzene rings is 4. The normalized spacial score (nSPS) is 15.8. The van der Waals surface area contributed by atoms with Crippen molar-refractivity contribution < 1.29 is 14.3 Å². The van der Waals surface area contributed by atoms with Crippen molar-refractivity contribution in [3.8, 4) is 16.9 Å². The fourth-order valence-corrected chi connectivity index (χ4v) is 5.06. The van der Waals surface area contributed by atoms with Crippen LogP contribution in [0.1, 0.15) is 18.1 Å². The van der Waals surface area contributed by atoms with Crippen LogP contribution >= 0.6 is 0 Å². The van der Waals surface area contributed by atoms with Gasteiger partial charge in [0.15, 0.2) is 6.23 Å². The van der Waals surface area contributed by atoms with Crippen molar-refractivity contribution in [3.05, 3.63) is 102 Å². The third-order valence-corrected chi connectivity index (χ3v) is 6.74. The fourth-order valence-electron chi connectivity index (χ4n) is 5.06. The van der Waals surface area contributed by atoms with Crippen LogP contribution in [0, 0.1) is 0 Å². The summed E-state index contributed by atoms with van der Waals surface area (Å²) in [5, 5.41) is 12.8. The molecule has 170 valence electrons. The molecule has 0 saturated carbocycles. The van der Waals surface area contributed by atoms with E-state index in [0.29, 0.717) is 0 Å². The number of fused-ring (bicyclic) bond motifs is 4. The van der Waals surface area contributed by atoms with Crippen LogP contribution < -0.4 is 4.74 Å². The molecule has 4 aromatic carbocycles. The van der Waals surface area contributed by atoms with Crippen LogP contribution in [-0.2, 0) is 13.0 Å². The molecule has 2 heterocycles. The zero-order chi connectivity index (χ0) is 23.1. The van der Waals surface area contributed by atoms with Crippen LogP contribution in [0.15, 0.2) is 95.4 Å². The molecular weight excluding hydrogens is 422 g/mol. The number of aliphatic hydroxyl groups excluding tert-OH is 1. The first-order valence-electron chi connectivity index (χ1n) is 11.8. The maximum Gasteiger partial charge on any atom is 0.178 e. The number of hydrogen-bond donors (Lipinski definition) is 1. The zero-order valence-corrected chi connectivity index (χ0v) is 19.1. The molecule has 0 saturated heterocycles. The lowest BCUT2D eigenvalue weighted by Gasteiger charge is -2.37. The van der Waals surface area contributed by atoms with Crippen molar-refractivity contribution in [1.29, 1.82) is 0 Å². The zero-order valence-electron chi connectivity index (χ0n) is 19.1. The fraction of sp³-hybridized carbons (Fsp3) is 0.200. The summed E-state index contributed by atoms with van der Waals surface area (Å²) in [5.74, 6) is 0.732. The highest BCUT2D eigenvalue weighted by Gasteiger charge is 2.28. The van der Waals surface area contributed by atoms with Gasteiger partial charge in [0.1, 0.15) is 23.0 Å². The molecule has 0 spiro atoms. The third kappa shape index (κ3) is 3.75. The first-order chi connectivity index (χ1) is 16.7. The van der Waals surface area contributed by atoms with Crippen LogP contribution in [0.25, 0.3) is 33.1 Å². The van der Waals surface area contributed by atoms with E-state index in [1.54, 1.807) is 6.92 Å². The minimum Gasteiger partial charge on any atom is -0.472 e. The number of furan rings is 1. The summed E-state index contributed by atoms with van der Waals surface area (Å²) < 4.78 is 12.6. The van der Waals surface area contributed by atoms with E-state index in [1.165, 1.54) is 11.1 Å². The second kappa shape index (κ2) is 8.64. The smallest absolute Gasteiger partial charge is 0.178 e. The molecule has 2 atom stereocenters. The number of para-hydroxylation sites is 2. The van der Waals surface area contributed by atoms with E-state index in [9.17, 15) is 5.11 Å². The molecule has 4 nitrogen and oxygen atoms in total. The maximum atomic E-state index is 10.6. The summed E-state index contributed by atoms with van der Waals surface area (Å²) in [5.41, 5.74) is 6.49.